The molecule has 0 unspecified atom stereocenters. The Kier molecular flexibility index (Phi) is 5.28. The predicted molar refractivity (Wildman–Crippen MR) is 121 cm³/mol. The Hall–Kier alpha value is -3.41. The van der Waals surface area contributed by atoms with Crippen LogP contribution in [0.25, 0.3) is 11.3 Å². The van der Waals surface area contributed by atoms with E-state index in [4.69, 9.17) is 4.74 Å². The standard InChI is InChI=1S/C25H26N4O2/c1-31-21-10-8-18(9-11-21)22-12-13-24(27-26-22)28-15-4-6-20(17-28)25(30)29-16-14-19-5-2-3-7-23(19)29/h2-3,5,7-13,20H,4,6,14-17H2,1H3/t20-/m1/s1. The zero-order valence-electron chi connectivity index (χ0n) is 17.7. The van der Waals surface area contributed by atoms with Gasteiger partial charge in [-0.05, 0) is 67.3 Å². The number of para-hydroxylation sites is 1. The molecule has 158 valence electrons. The van der Waals surface area contributed by atoms with E-state index in [1.54, 1.807) is 7.11 Å². The summed E-state index contributed by atoms with van der Waals surface area (Å²) < 4.78 is 5.22. The minimum Gasteiger partial charge on any atom is -0.497 e. The number of piperidine rings is 1. The van der Waals surface area contributed by atoms with Gasteiger partial charge >= 0.3 is 0 Å². The highest BCUT2D eigenvalue weighted by Gasteiger charge is 2.33. The summed E-state index contributed by atoms with van der Waals surface area (Å²) in [6.07, 6.45) is 2.84. The average Bonchev–Trinajstić information content (AvgIpc) is 3.28. The Morgan fingerprint density at radius 2 is 1.84 bits per heavy atom. The fraction of sp³-hybridized carbons (Fsp3) is 0.320. The minimum absolute atomic E-state index is 0.0111. The summed E-state index contributed by atoms with van der Waals surface area (Å²) in [5.74, 6) is 1.87. The van der Waals surface area contributed by atoms with E-state index in [0.29, 0.717) is 6.54 Å². The molecule has 1 aromatic heterocycles. The molecule has 6 heteroatoms. The first kappa shape index (κ1) is 19.5. The lowest BCUT2D eigenvalue weighted by atomic mass is 9.96. The van der Waals surface area contributed by atoms with Crippen LogP contribution in [0.5, 0.6) is 5.75 Å². The Morgan fingerprint density at radius 1 is 1.00 bits per heavy atom. The number of aromatic nitrogens is 2. The highest BCUT2D eigenvalue weighted by Crippen LogP contribution is 2.31. The topological polar surface area (TPSA) is 58.6 Å². The highest BCUT2D eigenvalue weighted by atomic mass is 16.5. The predicted octanol–water partition coefficient (Wildman–Crippen LogP) is 3.96. The molecule has 2 aliphatic heterocycles. The molecule has 1 atom stereocenters. The summed E-state index contributed by atoms with van der Waals surface area (Å²) in [6.45, 7) is 2.37. The number of fused-ring (bicyclic) bond motifs is 1. The molecule has 2 aliphatic rings. The van der Waals surface area contributed by atoms with E-state index >= 15 is 0 Å². The van der Waals surface area contributed by atoms with Crippen LogP contribution in [0.4, 0.5) is 11.5 Å². The van der Waals surface area contributed by atoms with E-state index < -0.39 is 0 Å². The van der Waals surface area contributed by atoms with Gasteiger partial charge in [-0.2, -0.15) is 0 Å². The van der Waals surface area contributed by atoms with Crippen LogP contribution in [0.2, 0.25) is 0 Å². The first-order valence-electron chi connectivity index (χ1n) is 10.9. The molecule has 3 aromatic rings. The van der Waals surface area contributed by atoms with Gasteiger partial charge in [0.1, 0.15) is 5.75 Å². The van der Waals surface area contributed by atoms with E-state index in [2.05, 4.69) is 27.2 Å². The summed E-state index contributed by atoms with van der Waals surface area (Å²) in [4.78, 5) is 17.5. The number of nitrogens with zero attached hydrogens (tertiary/aromatic N) is 4. The number of anilines is 2. The Balaban J connectivity index is 1.28. The van der Waals surface area contributed by atoms with Crippen LogP contribution in [0.3, 0.4) is 0 Å². The van der Waals surface area contributed by atoms with Crippen molar-refractivity contribution in [3.63, 3.8) is 0 Å². The summed E-state index contributed by atoms with van der Waals surface area (Å²) in [5.41, 5.74) is 4.17. The van der Waals surface area contributed by atoms with Crippen LogP contribution < -0.4 is 14.5 Å². The Bertz CT molecular complexity index is 1070. The van der Waals surface area contributed by atoms with Gasteiger partial charge < -0.3 is 14.5 Å². The van der Waals surface area contributed by atoms with E-state index in [1.165, 1.54) is 5.56 Å². The van der Waals surface area contributed by atoms with Crippen molar-refractivity contribution in [3.05, 3.63) is 66.2 Å². The van der Waals surface area contributed by atoms with Gasteiger partial charge in [-0.1, -0.05) is 18.2 Å². The van der Waals surface area contributed by atoms with Crippen molar-refractivity contribution < 1.29 is 9.53 Å². The summed E-state index contributed by atoms with van der Waals surface area (Å²) in [5, 5.41) is 8.90. The average molecular weight is 415 g/mol. The van der Waals surface area contributed by atoms with Crippen molar-refractivity contribution in [2.45, 2.75) is 19.3 Å². The molecule has 6 nitrogen and oxygen atoms in total. The molecule has 1 amide bonds. The van der Waals surface area contributed by atoms with Crippen LogP contribution >= 0.6 is 0 Å². The van der Waals surface area contributed by atoms with Crippen LogP contribution in [0.15, 0.2) is 60.7 Å². The molecular weight excluding hydrogens is 388 g/mol. The highest BCUT2D eigenvalue weighted by molar-refractivity contribution is 5.97. The lowest BCUT2D eigenvalue weighted by Gasteiger charge is -2.34. The third-order valence-electron chi connectivity index (χ3n) is 6.28. The maximum absolute atomic E-state index is 13.3. The van der Waals surface area contributed by atoms with Gasteiger partial charge in [-0.25, -0.2) is 0 Å². The molecule has 0 bridgehead atoms. The second-order valence-corrected chi connectivity index (χ2v) is 8.16. The molecule has 31 heavy (non-hydrogen) atoms. The zero-order valence-corrected chi connectivity index (χ0v) is 17.7. The largest absolute Gasteiger partial charge is 0.497 e. The number of hydrogen-bond donors (Lipinski definition) is 0. The zero-order chi connectivity index (χ0) is 21.2. The number of hydrogen-bond acceptors (Lipinski definition) is 5. The third-order valence-corrected chi connectivity index (χ3v) is 6.28. The van der Waals surface area contributed by atoms with Crippen molar-refractivity contribution in [1.29, 1.82) is 0 Å². The molecule has 3 heterocycles. The lowest BCUT2D eigenvalue weighted by Crippen LogP contribution is -2.45. The molecule has 0 spiro atoms. The number of carbonyl (C=O) groups excluding carboxylic acids is 1. The summed E-state index contributed by atoms with van der Waals surface area (Å²) in [6, 6.07) is 20.0. The second kappa shape index (κ2) is 8.38. The van der Waals surface area contributed by atoms with Gasteiger partial charge in [0.15, 0.2) is 5.82 Å². The normalized spacial score (nSPS) is 18.0. The number of methoxy groups -OCH3 is 1. The molecule has 0 radical (unpaired) electrons. The van der Waals surface area contributed by atoms with Gasteiger partial charge in [0.25, 0.3) is 0 Å². The maximum atomic E-state index is 13.3. The molecule has 2 aromatic carbocycles. The molecule has 5 rings (SSSR count). The second-order valence-electron chi connectivity index (χ2n) is 8.16. The van der Waals surface area contributed by atoms with Crippen LogP contribution in [-0.4, -0.2) is 42.8 Å². The van der Waals surface area contributed by atoms with Crippen LogP contribution in [-0.2, 0) is 11.2 Å². The van der Waals surface area contributed by atoms with Crippen molar-refractivity contribution in [3.8, 4) is 17.0 Å². The quantitative estimate of drug-likeness (QED) is 0.647. The lowest BCUT2D eigenvalue weighted by molar-refractivity contribution is -0.122. The summed E-state index contributed by atoms with van der Waals surface area (Å²) >= 11 is 0. The maximum Gasteiger partial charge on any atom is 0.231 e. The van der Waals surface area contributed by atoms with Gasteiger partial charge in [-0.3, -0.25) is 4.79 Å². The minimum atomic E-state index is -0.0111. The number of ether oxygens (including phenoxy) is 1. The summed E-state index contributed by atoms with van der Waals surface area (Å²) in [7, 11) is 1.66. The number of carbonyl (C=O) groups is 1. The number of rotatable bonds is 4. The first-order chi connectivity index (χ1) is 15.2. The molecule has 1 fully saturated rings. The van der Waals surface area contributed by atoms with Crippen LogP contribution in [0, 0.1) is 5.92 Å². The monoisotopic (exact) mass is 414 g/mol. The molecule has 0 aliphatic carbocycles. The van der Waals surface area contributed by atoms with Gasteiger partial charge in [-0.15, -0.1) is 10.2 Å². The Morgan fingerprint density at radius 3 is 2.61 bits per heavy atom. The van der Waals surface area contributed by atoms with Gasteiger partial charge in [0.05, 0.1) is 18.7 Å². The van der Waals surface area contributed by atoms with E-state index in [0.717, 1.165) is 60.9 Å². The fourth-order valence-corrected chi connectivity index (χ4v) is 4.58. The van der Waals surface area contributed by atoms with Gasteiger partial charge in [0.2, 0.25) is 5.91 Å². The van der Waals surface area contributed by atoms with Crippen molar-refractivity contribution in [1.82, 2.24) is 10.2 Å². The number of amides is 1. The molecule has 0 N–H and O–H groups in total. The molecule has 1 saturated heterocycles. The van der Waals surface area contributed by atoms with Crippen molar-refractivity contribution in [2.75, 3.05) is 36.5 Å². The van der Waals surface area contributed by atoms with E-state index in [-0.39, 0.29) is 11.8 Å². The number of benzene rings is 2. The fourth-order valence-electron chi connectivity index (χ4n) is 4.58. The smallest absolute Gasteiger partial charge is 0.231 e. The SMILES string of the molecule is COc1ccc(-c2ccc(N3CCC[C@@H](C(=O)N4CCc5ccccc54)C3)nn2)cc1. The van der Waals surface area contributed by atoms with E-state index in [1.807, 2.05) is 53.4 Å². The van der Waals surface area contributed by atoms with Gasteiger partial charge in [0, 0.05) is 30.9 Å². The van der Waals surface area contributed by atoms with Crippen LogP contribution in [0.1, 0.15) is 18.4 Å². The van der Waals surface area contributed by atoms with E-state index in [9.17, 15) is 4.79 Å². The Labute approximate surface area is 182 Å². The third kappa shape index (κ3) is 3.85. The molecule has 0 saturated carbocycles. The first-order valence-corrected chi connectivity index (χ1v) is 10.9. The molecular formula is C25H26N4O2. The van der Waals surface area contributed by atoms with Crippen molar-refractivity contribution in [2.24, 2.45) is 5.92 Å². The van der Waals surface area contributed by atoms with Crippen molar-refractivity contribution >= 4 is 17.4 Å².